The van der Waals surface area contributed by atoms with Crippen molar-refractivity contribution in [2.75, 3.05) is 12.4 Å². The molecule has 1 atom stereocenters. The minimum Gasteiger partial charge on any atom is -0.495 e. The van der Waals surface area contributed by atoms with Crippen LogP contribution in [0.3, 0.4) is 0 Å². The molecule has 1 N–H and O–H groups in total. The molecular weight excluding hydrogens is 224 g/mol. The summed E-state index contributed by atoms with van der Waals surface area (Å²) in [6.07, 6.45) is 3.65. The van der Waals surface area contributed by atoms with Gasteiger partial charge in [-0.15, -0.1) is 0 Å². The number of hydrogen-bond acceptors (Lipinski definition) is 3. The molecule has 0 bridgehead atoms. The number of aromatic nitrogens is 1. The molecule has 0 aliphatic carbocycles. The van der Waals surface area contributed by atoms with E-state index in [1.54, 1.807) is 13.3 Å². The van der Waals surface area contributed by atoms with Crippen molar-refractivity contribution < 1.29 is 4.74 Å². The molecule has 0 saturated heterocycles. The second-order valence-corrected chi connectivity index (χ2v) is 4.36. The van der Waals surface area contributed by atoms with Gasteiger partial charge in [0.2, 0.25) is 0 Å². The summed E-state index contributed by atoms with van der Waals surface area (Å²) in [5.74, 6) is 0.866. The Bertz CT molecular complexity index is 511. The van der Waals surface area contributed by atoms with Gasteiger partial charge in [-0.2, -0.15) is 0 Å². The van der Waals surface area contributed by atoms with Gasteiger partial charge in [0.05, 0.1) is 18.8 Å². The average molecular weight is 242 g/mol. The van der Waals surface area contributed by atoms with E-state index < -0.39 is 0 Å². The Morgan fingerprint density at radius 1 is 1.28 bits per heavy atom. The van der Waals surface area contributed by atoms with Gasteiger partial charge >= 0.3 is 0 Å². The van der Waals surface area contributed by atoms with Gasteiger partial charge in [-0.3, -0.25) is 4.98 Å². The van der Waals surface area contributed by atoms with Gasteiger partial charge in [-0.25, -0.2) is 0 Å². The SMILES string of the molecule is COc1cc(C)ccc1NC(C)c1cccnc1. The van der Waals surface area contributed by atoms with E-state index in [4.69, 9.17) is 4.74 Å². The number of hydrogen-bond donors (Lipinski definition) is 1. The Morgan fingerprint density at radius 2 is 2.11 bits per heavy atom. The molecule has 3 nitrogen and oxygen atoms in total. The highest BCUT2D eigenvalue weighted by atomic mass is 16.5. The molecule has 0 spiro atoms. The van der Waals surface area contributed by atoms with Gasteiger partial charge in [0, 0.05) is 12.4 Å². The average Bonchev–Trinajstić information content (AvgIpc) is 2.41. The number of nitrogens with one attached hydrogen (secondary N) is 1. The molecular formula is C15H18N2O. The van der Waals surface area contributed by atoms with Crippen molar-refractivity contribution in [1.82, 2.24) is 4.98 Å². The summed E-state index contributed by atoms with van der Waals surface area (Å²) in [6.45, 7) is 4.16. The molecule has 0 aliphatic heterocycles. The molecule has 0 saturated carbocycles. The molecule has 1 unspecified atom stereocenters. The van der Waals surface area contributed by atoms with Gasteiger partial charge < -0.3 is 10.1 Å². The topological polar surface area (TPSA) is 34.1 Å². The molecule has 1 heterocycles. The number of anilines is 1. The third-order valence-corrected chi connectivity index (χ3v) is 2.91. The van der Waals surface area contributed by atoms with Gasteiger partial charge in [0.1, 0.15) is 5.75 Å². The lowest BCUT2D eigenvalue weighted by atomic mass is 10.1. The fourth-order valence-electron chi connectivity index (χ4n) is 1.87. The number of ether oxygens (including phenoxy) is 1. The molecule has 94 valence electrons. The largest absolute Gasteiger partial charge is 0.495 e. The Morgan fingerprint density at radius 3 is 2.78 bits per heavy atom. The summed E-state index contributed by atoms with van der Waals surface area (Å²) >= 11 is 0. The minimum atomic E-state index is 0.190. The summed E-state index contributed by atoms with van der Waals surface area (Å²) in [6, 6.07) is 10.3. The number of rotatable bonds is 4. The van der Waals surface area contributed by atoms with Crippen molar-refractivity contribution in [3.63, 3.8) is 0 Å². The van der Waals surface area contributed by atoms with Crippen LogP contribution in [0, 0.1) is 6.92 Å². The highest BCUT2D eigenvalue weighted by Crippen LogP contribution is 2.28. The van der Waals surface area contributed by atoms with Gasteiger partial charge in [0.15, 0.2) is 0 Å². The molecule has 0 aliphatic rings. The lowest BCUT2D eigenvalue weighted by Crippen LogP contribution is -2.07. The van der Waals surface area contributed by atoms with Crippen molar-refractivity contribution in [2.45, 2.75) is 19.9 Å². The maximum atomic E-state index is 5.38. The Balaban J connectivity index is 2.19. The Labute approximate surface area is 108 Å². The van der Waals surface area contributed by atoms with Crippen molar-refractivity contribution in [3.05, 3.63) is 53.9 Å². The summed E-state index contributed by atoms with van der Waals surface area (Å²) < 4.78 is 5.38. The van der Waals surface area contributed by atoms with Crippen LogP contribution in [0.1, 0.15) is 24.1 Å². The minimum absolute atomic E-state index is 0.190. The zero-order chi connectivity index (χ0) is 13.0. The van der Waals surface area contributed by atoms with E-state index in [9.17, 15) is 0 Å². The maximum Gasteiger partial charge on any atom is 0.142 e. The van der Waals surface area contributed by atoms with Gasteiger partial charge in [0.25, 0.3) is 0 Å². The second kappa shape index (κ2) is 5.54. The lowest BCUT2D eigenvalue weighted by Gasteiger charge is -2.18. The quantitative estimate of drug-likeness (QED) is 0.890. The first kappa shape index (κ1) is 12.4. The Kier molecular flexibility index (Phi) is 3.82. The van der Waals surface area contributed by atoms with Crippen LogP contribution in [0.25, 0.3) is 0 Å². The lowest BCUT2D eigenvalue weighted by molar-refractivity contribution is 0.416. The zero-order valence-corrected chi connectivity index (χ0v) is 11.0. The van der Waals surface area contributed by atoms with Crippen LogP contribution < -0.4 is 10.1 Å². The van der Waals surface area contributed by atoms with Crippen LogP contribution in [-0.2, 0) is 0 Å². The fraction of sp³-hybridized carbons (Fsp3) is 0.267. The first-order valence-corrected chi connectivity index (χ1v) is 6.02. The predicted octanol–water partition coefficient (Wildman–Crippen LogP) is 3.57. The van der Waals surface area contributed by atoms with E-state index in [1.807, 2.05) is 24.4 Å². The van der Waals surface area contributed by atoms with Crippen LogP contribution in [0.2, 0.25) is 0 Å². The number of methoxy groups -OCH3 is 1. The standard InChI is InChI=1S/C15H18N2O/c1-11-6-7-14(15(9-11)18-3)17-12(2)13-5-4-8-16-10-13/h4-10,12,17H,1-3H3. The fourth-order valence-corrected chi connectivity index (χ4v) is 1.87. The van der Waals surface area contributed by atoms with E-state index in [2.05, 4.69) is 36.3 Å². The van der Waals surface area contributed by atoms with E-state index in [1.165, 1.54) is 5.56 Å². The normalized spacial score (nSPS) is 11.9. The second-order valence-electron chi connectivity index (χ2n) is 4.36. The van der Waals surface area contributed by atoms with E-state index in [-0.39, 0.29) is 6.04 Å². The molecule has 2 rings (SSSR count). The van der Waals surface area contributed by atoms with Crippen molar-refractivity contribution >= 4 is 5.69 Å². The van der Waals surface area contributed by atoms with Crippen molar-refractivity contribution in [1.29, 1.82) is 0 Å². The summed E-state index contributed by atoms with van der Waals surface area (Å²) in [5.41, 5.74) is 3.34. The number of nitrogens with zero attached hydrogens (tertiary/aromatic N) is 1. The van der Waals surface area contributed by atoms with Crippen LogP contribution in [0.4, 0.5) is 5.69 Å². The molecule has 1 aromatic heterocycles. The predicted molar refractivity (Wildman–Crippen MR) is 74.0 cm³/mol. The molecule has 3 heteroatoms. The van der Waals surface area contributed by atoms with Crippen molar-refractivity contribution in [3.8, 4) is 5.75 Å². The van der Waals surface area contributed by atoms with Crippen LogP contribution >= 0.6 is 0 Å². The summed E-state index contributed by atoms with van der Waals surface area (Å²) in [7, 11) is 1.69. The third kappa shape index (κ3) is 2.80. The highest BCUT2D eigenvalue weighted by molar-refractivity contribution is 5.58. The summed E-state index contributed by atoms with van der Waals surface area (Å²) in [4.78, 5) is 4.13. The Hall–Kier alpha value is -2.03. The molecule has 0 amide bonds. The number of aryl methyl sites for hydroxylation is 1. The number of benzene rings is 1. The van der Waals surface area contributed by atoms with E-state index in [0.717, 1.165) is 17.0 Å². The molecule has 18 heavy (non-hydrogen) atoms. The molecule has 1 aromatic carbocycles. The highest BCUT2D eigenvalue weighted by Gasteiger charge is 2.08. The maximum absolute atomic E-state index is 5.38. The van der Waals surface area contributed by atoms with Gasteiger partial charge in [-0.1, -0.05) is 12.1 Å². The third-order valence-electron chi connectivity index (χ3n) is 2.91. The summed E-state index contributed by atoms with van der Waals surface area (Å²) in [5, 5.41) is 3.44. The first-order valence-electron chi connectivity index (χ1n) is 6.02. The van der Waals surface area contributed by atoms with E-state index >= 15 is 0 Å². The number of pyridine rings is 1. The zero-order valence-electron chi connectivity index (χ0n) is 11.0. The smallest absolute Gasteiger partial charge is 0.142 e. The molecule has 0 radical (unpaired) electrons. The van der Waals surface area contributed by atoms with Crippen LogP contribution in [0.5, 0.6) is 5.75 Å². The van der Waals surface area contributed by atoms with Crippen LogP contribution in [0.15, 0.2) is 42.7 Å². The van der Waals surface area contributed by atoms with Crippen LogP contribution in [-0.4, -0.2) is 12.1 Å². The van der Waals surface area contributed by atoms with E-state index in [0.29, 0.717) is 0 Å². The molecule has 2 aromatic rings. The molecule has 0 fully saturated rings. The van der Waals surface area contributed by atoms with Gasteiger partial charge in [-0.05, 0) is 43.2 Å². The van der Waals surface area contributed by atoms with Crippen molar-refractivity contribution in [2.24, 2.45) is 0 Å². The first-order chi connectivity index (χ1) is 8.70. The monoisotopic (exact) mass is 242 g/mol.